The van der Waals surface area contributed by atoms with Crippen LogP contribution in [0.2, 0.25) is 0 Å². The SMILES string of the molecule is CCCCC[C@@H](O)[C@H]1C[C@H](NC(C)=O)CCN1C(=O)OC(C)(C)C. The van der Waals surface area contributed by atoms with E-state index >= 15 is 0 Å². The highest BCUT2D eigenvalue weighted by Gasteiger charge is 2.38. The first-order valence-corrected chi connectivity index (χ1v) is 9.08. The Morgan fingerprint density at radius 1 is 1.33 bits per heavy atom. The van der Waals surface area contributed by atoms with E-state index in [1.807, 2.05) is 20.8 Å². The second-order valence-electron chi connectivity index (χ2n) is 7.73. The van der Waals surface area contributed by atoms with E-state index in [-0.39, 0.29) is 24.1 Å². The first kappa shape index (κ1) is 20.7. The van der Waals surface area contributed by atoms with Crippen molar-refractivity contribution in [1.82, 2.24) is 10.2 Å². The number of hydrogen-bond acceptors (Lipinski definition) is 4. The van der Waals surface area contributed by atoms with Crippen LogP contribution in [0.3, 0.4) is 0 Å². The Kier molecular flexibility index (Phi) is 8.00. The number of carbonyl (C=O) groups excluding carboxylic acids is 2. The Labute approximate surface area is 145 Å². The van der Waals surface area contributed by atoms with Crippen LogP contribution in [-0.4, -0.2) is 52.3 Å². The van der Waals surface area contributed by atoms with E-state index < -0.39 is 11.7 Å². The van der Waals surface area contributed by atoms with Crippen LogP contribution in [0.25, 0.3) is 0 Å². The van der Waals surface area contributed by atoms with Crippen molar-refractivity contribution in [2.45, 2.75) is 96.9 Å². The highest BCUT2D eigenvalue weighted by atomic mass is 16.6. The van der Waals surface area contributed by atoms with Gasteiger partial charge in [0.2, 0.25) is 5.91 Å². The first-order chi connectivity index (χ1) is 11.1. The lowest BCUT2D eigenvalue weighted by atomic mass is 9.91. The Hall–Kier alpha value is -1.30. The van der Waals surface area contributed by atoms with Crippen molar-refractivity contribution in [1.29, 1.82) is 0 Å². The van der Waals surface area contributed by atoms with Crippen molar-refractivity contribution >= 4 is 12.0 Å². The van der Waals surface area contributed by atoms with Gasteiger partial charge < -0.3 is 20.1 Å². The van der Waals surface area contributed by atoms with Gasteiger partial charge in [0.1, 0.15) is 5.60 Å². The standard InChI is InChI=1S/C18H34N2O4/c1-6-7-8-9-16(22)15-12-14(19-13(2)21)10-11-20(15)17(23)24-18(3,4)5/h14-16,22H,6-12H2,1-5H3,(H,19,21)/t14-,15-,16-/m1/s1. The van der Waals surface area contributed by atoms with E-state index in [1.165, 1.54) is 6.92 Å². The zero-order valence-electron chi connectivity index (χ0n) is 15.8. The number of aliphatic hydroxyl groups is 1. The summed E-state index contributed by atoms with van der Waals surface area (Å²) in [4.78, 5) is 25.5. The summed E-state index contributed by atoms with van der Waals surface area (Å²) in [6.07, 6.45) is 3.99. The summed E-state index contributed by atoms with van der Waals surface area (Å²) < 4.78 is 5.49. The van der Waals surface area contributed by atoms with Gasteiger partial charge in [-0.05, 0) is 40.0 Å². The molecule has 2 N–H and O–H groups in total. The molecule has 140 valence electrons. The lowest BCUT2D eigenvalue weighted by Crippen LogP contribution is -2.56. The smallest absolute Gasteiger partial charge is 0.410 e. The number of aliphatic hydroxyl groups excluding tert-OH is 1. The first-order valence-electron chi connectivity index (χ1n) is 9.08. The molecule has 1 aliphatic rings. The third-order valence-corrected chi connectivity index (χ3v) is 4.23. The van der Waals surface area contributed by atoms with E-state index in [2.05, 4.69) is 12.2 Å². The molecule has 3 atom stereocenters. The van der Waals surface area contributed by atoms with Crippen LogP contribution in [0.4, 0.5) is 4.79 Å². The predicted molar refractivity (Wildman–Crippen MR) is 93.7 cm³/mol. The van der Waals surface area contributed by atoms with Gasteiger partial charge in [-0.25, -0.2) is 4.79 Å². The minimum absolute atomic E-state index is 0.00740. The summed E-state index contributed by atoms with van der Waals surface area (Å²) in [6, 6.07) is -0.325. The van der Waals surface area contributed by atoms with E-state index in [0.29, 0.717) is 25.8 Å². The molecule has 1 rings (SSSR count). The lowest BCUT2D eigenvalue weighted by molar-refractivity contribution is -0.120. The highest BCUT2D eigenvalue weighted by Crippen LogP contribution is 2.25. The summed E-state index contributed by atoms with van der Waals surface area (Å²) >= 11 is 0. The monoisotopic (exact) mass is 342 g/mol. The molecule has 0 saturated carbocycles. The van der Waals surface area contributed by atoms with Crippen molar-refractivity contribution < 1.29 is 19.4 Å². The number of likely N-dealkylation sites (tertiary alicyclic amines) is 1. The molecule has 0 radical (unpaired) electrons. The molecule has 1 aliphatic heterocycles. The minimum Gasteiger partial charge on any atom is -0.444 e. The summed E-state index contributed by atoms with van der Waals surface area (Å²) in [5.74, 6) is -0.0788. The zero-order chi connectivity index (χ0) is 18.3. The maximum Gasteiger partial charge on any atom is 0.410 e. The molecule has 0 aliphatic carbocycles. The quantitative estimate of drug-likeness (QED) is 0.728. The number of amides is 2. The normalized spacial score (nSPS) is 22.8. The second-order valence-corrected chi connectivity index (χ2v) is 7.73. The van der Waals surface area contributed by atoms with Crippen LogP contribution in [0.1, 0.15) is 73.1 Å². The molecule has 0 aromatic heterocycles. The molecule has 0 aromatic rings. The van der Waals surface area contributed by atoms with E-state index in [0.717, 1.165) is 19.3 Å². The Balaban J connectivity index is 2.78. The minimum atomic E-state index is -0.597. The average molecular weight is 342 g/mol. The number of nitrogens with zero attached hydrogens (tertiary/aromatic N) is 1. The van der Waals surface area contributed by atoms with Crippen molar-refractivity contribution in [3.63, 3.8) is 0 Å². The maximum atomic E-state index is 12.5. The number of carbonyl (C=O) groups is 2. The van der Waals surface area contributed by atoms with E-state index in [4.69, 9.17) is 4.74 Å². The van der Waals surface area contributed by atoms with Gasteiger partial charge in [0.05, 0.1) is 12.1 Å². The average Bonchev–Trinajstić information content (AvgIpc) is 2.44. The molecule has 24 heavy (non-hydrogen) atoms. The van der Waals surface area contributed by atoms with Crippen molar-refractivity contribution in [2.75, 3.05) is 6.54 Å². The Bertz CT molecular complexity index is 420. The van der Waals surface area contributed by atoms with Crippen LogP contribution in [-0.2, 0) is 9.53 Å². The molecule has 0 bridgehead atoms. The fraction of sp³-hybridized carbons (Fsp3) is 0.889. The summed E-state index contributed by atoms with van der Waals surface area (Å²) in [5.41, 5.74) is -0.566. The van der Waals surface area contributed by atoms with Crippen LogP contribution in [0.15, 0.2) is 0 Å². The Morgan fingerprint density at radius 2 is 2.00 bits per heavy atom. The molecule has 1 saturated heterocycles. The van der Waals surface area contributed by atoms with Gasteiger partial charge in [-0.3, -0.25) is 4.79 Å². The summed E-state index contributed by atoms with van der Waals surface area (Å²) in [7, 11) is 0. The van der Waals surface area contributed by atoms with Gasteiger partial charge in [0.25, 0.3) is 0 Å². The lowest BCUT2D eigenvalue weighted by Gasteiger charge is -2.42. The van der Waals surface area contributed by atoms with Crippen LogP contribution in [0.5, 0.6) is 0 Å². The second kappa shape index (κ2) is 9.25. The zero-order valence-corrected chi connectivity index (χ0v) is 15.8. The molecule has 0 spiro atoms. The number of hydrogen-bond donors (Lipinski definition) is 2. The molecule has 0 unspecified atom stereocenters. The number of ether oxygens (including phenoxy) is 1. The molecule has 0 aromatic carbocycles. The fourth-order valence-electron chi connectivity index (χ4n) is 3.12. The third-order valence-electron chi connectivity index (χ3n) is 4.23. The molecular formula is C18H34N2O4. The Morgan fingerprint density at radius 3 is 2.54 bits per heavy atom. The number of rotatable bonds is 6. The van der Waals surface area contributed by atoms with Gasteiger partial charge in [-0.1, -0.05) is 26.2 Å². The maximum absolute atomic E-state index is 12.5. The third kappa shape index (κ3) is 7.07. The van der Waals surface area contributed by atoms with Crippen molar-refractivity contribution in [3.05, 3.63) is 0 Å². The van der Waals surface area contributed by atoms with Gasteiger partial charge >= 0.3 is 6.09 Å². The van der Waals surface area contributed by atoms with E-state index in [1.54, 1.807) is 4.90 Å². The van der Waals surface area contributed by atoms with E-state index in [9.17, 15) is 14.7 Å². The summed E-state index contributed by atoms with van der Waals surface area (Å²) in [5, 5.41) is 13.5. The number of nitrogens with one attached hydrogen (secondary N) is 1. The van der Waals surface area contributed by atoms with Crippen molar-refractivity contribution in [3.8, 4) is 0 Å². The predicted octanol–water partition coefficient (Wildman–Crippen LogP) is 2.83. The number of piperidine rings is 1. The molecule has 2 amide bonds. The van der Waals surface area contributed by atoms with Gasteiger partial charge in [-0.2, -0.15) is 0 Å². The highest BCUT2D eigenvalue weighted by molar-refractivity contribution is 5.73. The summed E-state index contributed by atoms with van der Waals surface area (Å²) in [6.45, 7) is 9.60. The number of unbranched alkanes of at least 4 members (excludes halogenated alkanes) is 2. The van der Waals surface area contributed by atoms with Gasteiger partial charge in [0, 0.05) is 19.5 Å². The van der Waals surface area contributed by atoms with Gasteiger partial charge in [-0.15, -0.1) is 0 Å². The molecule has 1 fully saturated rings. The molecule has 6 heteroatoms. The van der Waals surface area contributed by atoms with Crippen LogP contribution in [0, 0.1) is 0 Å². The molecule has 1 heterocycles. The van der Waals surface area contributed by atoms with Crippen LogP contribution >= 0.6 is 0 Å². The topological polar surface area (TPSA) is 78.9 Å². The molecule has 6 nitrogen and oxygen atoms in total. The molecular weight excluding hydrogens is 308 g/mol. The fourth-order valence-corrected chi connectivity index (χ4v) is 3.12. The van der Waals surface area contributed by atoms with Gasteiger partial charge in [0.15, 0.2) is 0 Å². The van der Waals surface area contributed by atoms with Crippen molar-refractivity contribution in [2.24, 2.45) is 0 Å². The largest absolute Gasteiger partial charge is 0.444 e. The van der Waals surface area contributed by atoms with Crippen LogP contribution < -0.4 is 5.32 Å².